The third-order valence-corrected chi connectivity index (χ3v) is 3.44. The number of rotatable bonds is 9. The smallest absolute Gasteiger partial charge is 0.0443 e. The van der Waals surface area contributed by atoms with Gasteiger partial charge in [-0.1, -0.05) is 79.6 Å². The molecule has 0 aliphatic rings. The summed E-state index contributed by atoms with van der Waals surface area (Å²) in [6, 6.07) is 0. The summed E-state index contributed by atoms with van der Waals surface area (Å²) in [5, 5.41) is 0. The predicted molar refractivity (Wildman–Crippen MR) is 71.2 cm³/mol. The van der Waals surface area contributed by atoms with Crippen molar-refractivity contribution in [2.24, 2.45) is 17.8 Å². The summed E-state index contributed by atoms with van der Waals surface area (Å²) in [5.74, 6) is 2.77. The molecule has 0 fully saturated rings. The van der Waals surface area contributed by atoms with Gasteiger partial charge in [0.15, 0.2) is 0 Å². The minimum Gasteiger partial charge on any atom is -0.0654 e. The maximum atomic E-state index is 2.43. The van der Waals surface area contributed by atoms with Crippen molar-refractivity contribution in [3.05, 3.63) is 0 Å². The van der Waals surface area contributed by atoms with E-state index in [2.05, 4.69) is 34.6 Å². The Morgan fingerprint density at radius 1 is 0.667 bits per heavy atom. The van der Waals surface area contributed by atoms with Gasteiger partial charge in [-0.3, -0.25) is 0 Å². The van der Waals surface area contributed by atoms with Crippen LogP contribution in [0.4, 0.5) is 0 Å². The summed E-state index contributed by atoms with van der Waals surface area (Å²) in [5.41, 5.74) is 0. The second kappa shape index (κ2) is 9.24. The SMILES string of the molecule is CCCCC(C)CCC(C)CCC(C)C. The van der Waals surface area contributed by atoms with Gasteiger partial charge >= 0.3 is 0 Å². The fourth-order valence-electron chi connectivity index (χ4n) is 2.03. The highest BCUT2D eigenvalue weighted by molar-refractivity contribution is 4.60. The molecule has 92 valence electrons. The van der Waals surface area contributed by atoms with E-state index in [4.69, 9.17) is 0 Å². The Hall–Kier alpha value is 0. The Morgan fingerprint density at radius 3 is 1.60 bits per heavy atom. The summed E-state index contributed by atoms with van der Waals surface area (Å²) in [7, 11) is 0. The van der Waals surface area contributed by atoms with E-state index in [9.17, 15) is 0 Å². The highest BCUT2D eigenvalue weighted by Gasteiger charge is 2.07. The maximum Gasteiger partial charge on any atom is -0.0443 e. The lowest BCUT2D eigenvalue weighted by molar-refractivity contribution is 0.370. The molecule has 0 saturated heterocycles. The first-order chi connectivity index (χ1) is 7.06. The van der Waals surface area contributed by atoms with Crippen molar-refractivity contribution in [1.82, 2.24) is 0 Å². The van der Waals surface area contributed by atoms with Crippen LogP contribution in [-0.2, 0) is 0 Å². The van der Waals surface area contributed by atoms with Crippen LogP contribution in [0.2, 0.25) is 0 Å². The molecule has 0 amide bonds. The Kier molecular flexibility index (Phi) is 9.24. The van der Waals surface area contributed by atoms with Crippen molar-refractivity contribution in [3.63, 3.8) is 0 Å². The van der Waals surface area contributed by atoms with E-state index in [1.165, 1.54) is 44.9 Å². The number of hydrogen-bond acceptors (Lipinski definition) is 0. The fraction of sp³-hybridized carbons (Fsp3) is 1.00. The van der Waals surface area contributed by atoms with Crippen LogP contribution in [0.15, 0.2) is 0 Å². The van der Waals surface area contributed by atoms with Crippen molar-refractivity contribution in [2.75, 3.05) is 0 Å². The molecule has 2 atom stereocenters. The molecule has 0 spiro atoms. The minimum absolute atomic E-state index is 0.880. The number of hydrogen-bond donors (Lipinski definition) is 0. The van der Waals surface area contributed by atoms with E-state index in [1.54, 1.807) is 0 Å². The third kappa shape index (κ3) is 10.3. The van der Waals surface area contributed by atoms with Gasteiger partial charge < -0.3 is 0 Å². The van der Waals surface area contributed by atoms with Crippen molar-refractivity contribution in [2.45, 2.75) is 79.6 Å². The van der Waals surface area contributed by atoms with Crippen LogP contribution < -0.4 is 0 Å². The fourth-order valence-corrected chi connectivity index (χ4v) is 2.03. The molecule has 0 heteroatoms. The molecule has 0 aromatic rings. The van der Waals surface area contributed by atoms with Crippen LogP contribution in [0, 0.1) is 17.8 Å². The lowest BCUT2D eigenvalue weighted by atomic mass is 9.90. The van der Waals surface area contributed by atoms with E-state index < -0.39 is 0 Å². The Labute approximate surface area is 97.8 Å². The zero-order valence-corrected chi connectivity index (χ0v) is 11.7. The van der Waals surface area contributed by atoms with Crippen molar-refractivity contribution in [3.8, 4) is 0 Å². The highest BCUT2D eigenvalue weighted by atomic mass is 14.1. The topological polar surface area (TPSA) is 0 Å². The molecule has 0 heterocycles. The lowest BCUT2D eigenvalue weighted by Crippen LogP contribution is -2.02. The normalized spacial score (nSPS) is 15.6. The standard InChI is InChI=1S/C15H32/c1-6-7-8-14(4)11-12-15(5)10-9-13(2)3/h13-15H,6-12H2,1-5H3. The first kappa shape index (κ1) is 15.0. The predicted octanol–water partition coefficient (Wildman–Crippen LogP) is 5.67. The summed E-state index contributed by atoms with van der Waals surface area (Å²) >= 11 is 0. The van der Waals surface area contributed by atoms with Gasteiger partial charge in [0, 0.05) is 0 Å². The van der Waals surface area contributed by atoms with Crippen LogP contribution in [0.5, 0.6) is 0 Å². The molecule has 0 radical (unpaired) electrons. The van der Waals surface area contributed by atoms with Gasteiger partial charge in [-0.2, -0.15) is 0 Å². The number of unbranched alkanes of at least 4 members (excludes halogenated alkanes) is 1. The molecular weight excluding hydrogens is 180 g/mol. The zero-order valence-electron chi connectivity index (χ0n) is 11.7. The molecule has 0 bridgehead atoms. The molecule has 0 aromatic carbocycles. The molecule has 15 heavy (non-hydrogen) atoms. The summed E-state index contributed by atoms with van der Waals surface area (Å²) in [4.78, 5) is 0. The maximum absolute atomic E-state index is 2.43. The van der Waals surface area contributed by atoms with Gasteiger partial charge in [0.1, 0.15) is 0 Å². The Bertz CT molecular complexity index is 126. The zero-order chi connectivity index (χ0) is 11.7. The van der Waals surface area contributed by atoms with Gasteiger partial charge in [-0.05, 0) is 17.8 Å². The van der Waals surface area contributed by atoms with Crippen molar-refractivity contribution in [1.29, 1.82) is 0 Å². The van der Waals surface area contributed by atoms with E-state index >= 15 is 0 Å². The Morgan fingerprint density at radius 2 is 1.13 bits per heavy atom. The average Bonchev–Trinajstić information content (AvgIpc) is 2.20. The molecule has 0 rings (SSSR count). The van der Waals surface area contributed by atoms with E-state index in [-0.39, 0.29) is 0 Å². The van der Waals surface area contributed by atoms with Crippen molar-refractivity contribution < 1.29 is 0 Å². The van der Waals surface area contributed by atoms with E-state index in [0.717, 1.165) is 17.8 Å². The molecule has 0 nitrogen and oxygen atoms in total. The van der Waals surface area contributed by atoms with Crippen LogP contribution in [0.25, 0.3) is 0 Å². The van der Waals surface area contributed by atoms with Crippen LogP contribution >= 0.6 is 0 Å². The first-order valence-corrected chi connectivity index (χ1v) is 7.06. The average molecular weight is 212 g/mol. The molecule has 0 N–H and O–H groups in total. The van der Waals surface area contributed by atoms with E-state index in [0.29, 0.717) is 0 Å². The van der Waals surface area contributed by atoms with Gasteiger partial charge in [-0.15, -0.1) is 0 Å². The van der Waals surface area contributed by atoms with E-state index in [1.807, 2.05) is 0 Å². The van der Waals surface area contributed by atoms with Gasteiger partial charge in [0.05, 0.1) is 0 Å². The summed E-state index contributed by atoms with van der Waals surface area (Å²) in [6.45, 7) is 11.8. The van der Waals surface area contributed by atoms with Crippen LogP contribution in [-0.4, -0.2) is 0 Å². The van der Waals surface area contributed by atoms with Crippen LogP contribution in [0.3, 0.4) is 0 Å². The summed E-state index contributed by atoms with van der Waals surface area (Å²) < 4.78 is 0. The highest BCUT2D eigenvalue weighted by Crippen LogP contribution is 2.21. The molecule has 0 aromatic heterocycles. The van der Waals surface area contributed by atoms with Gasteiger partial charge in [0.2, 0.25) is 0 Å². The second-order valence-electron chi connectivity index (χ2n) is 5.90. The van der Waals surface area contributed by atoms with Gasteiger partial charge in [0.25, 0.3) is 0 Å². The largest absolute Gasteiger partial charge is 0.0654 e. The third-order valence-electron chi connectivity index (χ3n) is 3.44. The lowest BCUT2D eigenvalue weighted by Gasteiger charge is -2.16. The molecule has 0 saturated carbocycles. The second-order valence-corrected chi connectivity index (χ2v) is 5.90. The minimum atomic E-state index is 0.880. The van der Waals surface area contributed by atoms with Crippen LogP contribution in [0.1, 0.15) is 79.6 Å². The molecule has 0 aliphatic heterocycles. The molecule has 2 unspecified atom stereocenters. The quantitative estimate of drug-likeness (QED) is 0.462. The molecule has 0 aliphatic carbocycles. The van der Waals surface area contributed by atoms with Crippen molar-refractivity contribution >= 4 is 0 Å². The first-order valence-electron chi connectivity index (χ1n) is 7.06. The summed E-state index contributed by atoms with van der Waals surface area (Å²) in [6.07, 6.45) is 9.93. The Balaban J connectivity index is 3.39. The van der Waals surface area contributed by atoms with Gasteiger partial charge in [-0.25, -0.2) is 0 Å². The molecular formula is C15H32. The monoisotopic (exact) mass is 212 g/mol.